The lowest BCUT2D eigenvalue weighted by Crippen LogP contribution is -2.17. The number of hydrogen-bond donors (Lipinski definition) is 1. The third-order valence-corrected chi connectivity index (χ3v) is 3.38. The van der Waals surface area contributed by atoms with Gasteiger partial charge in [-0.25, -0.2) is 4.39 Å². The number of benzene rings is 2. The van der Waals surface area contributed by atoms with Crippen LogP contribution in [0.15, 0.2) is 42.5 Å². The zero-order chi connectivity index (χ0) is 13.7. The van der Waals surface area contributed by atoms with Crippen LogP contribution in [0.1, 0.15) is 22.3 Å². The Morgan fingerprint density at radius 2 is 1.79 bits per heavy atom. The highest BCUT2D eigenvalue weighted by Gasteiger charge is 2.00. The molecule has 0 aromatic heterocycles. The monoisotopic (exact) mass is 257 g/mol. The van der Waals surface area contributed by atoms with Crippen molar-refractivity contribution >= 4 is 0 Å². The standard InChI is InChI=1S/C17H20FN/c1-13-5-3-4-6-16(13)9-10-19-12-15-7-8-17(18)14(2)11-15/h3-8,11,19H,9-10,12H2,1-2H3. The van der Waals surface area contributed by atoms with Crippen LogP contribution in [0.3, 0.4) is 0 Å². The van der Waals surface area contributed by atoms with Crippen LogP contribution in [-0.2, 0) is 13.0 Å². The Labute approximate surface area is 114 Å². The van der Waals surface area contributed by atoms with E-state index in [9.17, 15) is 4.39 Å². The van der Waals surface area contributed by atoms with Crippen LogP contribution >= 0.6 is 0 Å². The molecular weight excluding hydrogens is 237 g/mol. The molecule has 0 saturated heterocycles. The zero-order valence-corrected chi connectivity index (χ0v) is 11.5. The van der Waals surface area contributed by atoms with Crippen LogP contribution < -0.4 is 5.32 Å². The molecule has 100 valence electrons. The van der Waals surface area contributed by atoms with Crippen molar-refractivity contribution in [3.8, 4) is 0 Å². The summed E-state index contributed by atoms with van der Waals surface area (Å²) in [6, 6.07) is 13.7. The van der Waals surface area contributed by atoms with E-state index in [4.69, 9.17) is 0 Å². The van der Waals surface area contributed by atoms with Gasteiger partial charge >= 0.3 is 0 Å². The summed E-state index contributed by atoms with van der Waals surface area (Å²) in [7, 11) is 0. The number of aryl methyl sites for hydroxylation is 2. The highest BCUT2D eigenvalue weighted by atomic mass is 19.1. The fourth-order valence-electron chi connectivity index (χ4n) is 2.16. The topological polar surface area (TPSA) is 12.0 Å². The highest BCUT2D eigenvalue weighted by molar-refractivity contribution is 5.26. The molecule has 0 heterocycles. The van der Waals surface area contributed by atoms with Crippen molar-refractivity contribution in [2.75, 3.05) is 6.54 Å². The maximum absolute atomic E-state index is 13.1. The first-order valence-corrected chi connectivity index (χ1v) is 6.67. The predicted molar refractivity (Wildman–Crippen MR) is 77.7 cm³/mol. The van der Waals surface area contributed by atoms with Gasteiger partial charge in [-0.15, -0.1) is 0 Å². The summed E-state index contributed by atoms with van der Waals surface area (Å²) in [6.45, 7) is 5.65. The number of rotatable bonds is 5. The minimum absolute atomic E-state index is 0.135. The summed E-state index contributed by atoms with van der Waals surface area (Å²) in [6.07, 6.45) is 1.02. The van der Waals surface area contributed by atoms with Gasteiger partial charge in [0.05, 0.1) is 0 Å². The Kier molecular flexibility index (Phi) is 4.69. The van der Waals surface area contributed by atoms with E-state index in [-0.39, 0.29) is 5.82 Å². The van der Waals surface area contributed by atoms with E-state index >= 15 is 0 Å². The highest BCUT2D eigenvalue weighted by Crippen LogP contribution is 2.09. The first-order valence-electron chi connectivity index (χ1n) is 6.67. The third kappa shape index (κ3) is 3.90. The quantitative estimate of drug-likeness (QED) is 0.804. The fourth-order valence-corrected chi connectivity index (χ4v) is 2.16. The van der Waals surface area contributed by atoms with Gasteiger partial charge in [-0.1, -0.05) is 36.4 Å². The van der Waals surface area contributed by atoms with Crippen molar-refractivity contribution in [2.45, 2.75) is 26.8 Å². The first kappa shape index (κ1) is 13.8. The fraction of sp³-hybridized carbons (Fsp3) is 0.294. The van der Waals surface area contributed by atoms with E-state index < -0.39 is 0 Å². The van der Waals surface area contributed by atoms with Crippen LogP contribution in [0.25, 0.3) is 0 Å². The minimum atomic E-state index is -0.135. The largest absolute Gasteiger partial charge is 0.312 e. The van der Waals surface area contributed by atoms with Gasteiger partial charge in [0, 0.05) is 6.54 Å². The number of nitrogens with one attached hydrogen (secondary N) is 1. The van der Waals surface area contributed by atoms with Crippen LogP contribution in [0, 0.1) is 19.7 Å². The van der Waals surface area contributed by atoms with Crippen LogP contribution in [0.5, 0.6) is 0 Å². The molecule has 0 aliphatic heterocycles. The lowest BCUT2D eigenvalue weighted by atomic mass is 10.1. The molecule has 2 aromatic rings. The molecule has 0 aliphatic rings. The van der Waals surface area contributed by atoms with Gasteiger partial charge in [0.1, 0.15) is 5.82 Å². The molecule has 1 N–H and O–H groups in total. The lowest BCUT2D eigenvalue weighted by Gasteiger charge is -2.08. The molecule has 0 bridgehead atoms. The van der Waals surface area contributed by atoms with Crippen molar-refractivity contribution in [3.05, 3.63) is 70.5 Å². The van der Waals surface area contributed by atoms with Crippen molar-refractivity contribution in [1.29, 1.82) is 0 Å². The summed E-state index contributed by atoms with van der Waals surface area (Å²) in [4.78, 5) is 0. The molecule has 1 nitrogen and oxygen atoms in total. The Bertz CT molecular complexity index is 549. The summed E-state index contributed by atoms with van der Waals surface area (Å²) in [5, 5.41) is 3.40. The van der Waals surface area contributed by atoms with Crippen LogP contribution in [0.2, 0.25) is 0 Å². The van der Waals surface area contributed by atoms with Gasteiger partial charge in [0.2, 0.25) is 0 Å². The molecule has 2 aromatic carbocycles. The molecule has 0 atom stereocenters. The summed E-state index contributed by atoms with van der Waals surface area (Å²) >= 11 is 0. The average molecular weight is 257 g/mol. The van der Waals surface area contributed by atoms with E-state index in [1.165, 1.54) is 17.2 Å². The summed E-state index contributed by atoms with van der Waals surface area (Å²) in [5.74, 6) is -0.135. The van der Waals surface area contributed by atoms with Gasteiger partial charge < -0.3 is 5.32 Å². The predicted octanol–water partition coefficient (Wildman–Crippen LogP) is 3.77. The normalized spacial score (nSPS) is 10.7. The molecule has 2 heteroatoms. The van der Waals surface area contributed by atoms with E-state index in [1.807, 2.05) is 12.1 Å². The Morgan fingerprint density at radius 1 is 1.00 bits per heavy atom. The van der Waals surface area contributed by atoms with Gasteiger partial charge in [-0.05, 0) is 55.1 Å². The molecule has 0 fully saturated rings. The zero-order valence-electron chi connectivity index (χ0n) is 11.5. The van der Waals surface area contributed by atoms with Gasteiger partial charge in [-0.3, -0.25) is 0 Å². The van der Waals surface area contributed by atoms with Crippen LogP contribution in [-0.4, -0.2) is 6.54 Å². The molecule has 0 saturated carbocycles. The molecule has 0 spiro atoms. The molecule has 0 amide bonds. The molecule has 2 rings (SSSR count). The molecule has 19 heavy (non-hydrogen) atoms. The van der Waals surface area contributed by atoms with E-state index in [1.54, 1.807) is 6.92 Å². The minimum Gasteiger partial charge on any atom is -0.312 e. The Morgan fingerprint density at radius 3 is 2.53 bits per heavy atom. The van der Waals surface area contributed by atoms with Gasteiger partial charge in [0.25, 0.3) is 0 Å². The van der Waals surface area contributed by atoms with Crippen molar-refractivity contribution in [2.24, 2.45) is 0 Å². The van der Waals surface area contributed by atoms with E-state index in [0.717, 1.165) is 25.1 Å². The Balaban J connectivity index is 1.81. The van der Waals surface area contributed by atoms with Gasteiger partial charge in [0.15, 0.2) is 0 Å². The third-order valence-electron chi connectivity index (χ3n) is 3.38. The molecular formula is C17H20FN. The second kappa shape index (κ2) is 6.48. The summed E-state index contributed by atoms with van der Waals surface area (Å²) < 4.78 is 13.1. The molecule has 0 radical (unpaired) electrons. The van der Waals surface area contributed by atoms with Crippen molar-refractivity contribution in [1.82, 2.24) is 5.32 Å². The van der Waals surface area contributed by atoms with Gasteiger partial charge in [-0.2, -0.15) is 0 Å². The average Bonchev–Trinajstić information content (AvgIpc) is 2.40. The molecule has 0 aliphatic carbocycles. The molecule has 0 unspecified atom stereocenters. The van der Waals surface area contributed by atoms with E-state index in [0.29, 0.717) is 5.56 Å². The lowest BCUT2D eigenvalue weighted by molar-refractivity contribution is 0.615. The van der Waals surface area contributed by atoms with Crippen molar-refractivity contribution < 1.29 is 4.39 Å². The second-order valence-electron chi connectivity index (χ2n) is 4.94. The number of hydrogen-bond acceptors (Lipinski definition) is 1. The first-order chi connectivity index (χ1) is 9.16. The smallest absolute Gasteiger partial charge is 0.126 e. The SMILES string of the molecule is Cc1cc(CNCCc2ccccc2C)ccc1F. The Hall–Kier alpha value is -1.67. The van der Waals surface area contributed by atoms with E-state index in [2.05, 4.69) is 36.5 Å². The maximum Gasteiger partial charge on any atom is 0.126 e. The maximum atomic E-state index is 13.1. The number of halogens is 1. The summed E-state index contributed by atoms with van der Waals surface area (Å²) in [5.41, 5.74) is 4.55. The van der Waals surface area contributed by atoms with Crippen LogP contribution in [0.4, 0.5) is 4.39 Å². The van der Waals surface area contributed by atoms with Crippen molar-refractivity contribution in [3.63, 3.8) is 0 Å². The second-order valence-corrected chi connectivity index (χ2v) is 4.94.